The van der Waals surface area contributed by atoms with E-state index in [4.69, 9.17) is 0 Å². The lowest BCUT2D eigenvalue weighted by molar-refractivity contribution is 0.0973. The van der Waals surface area contributed by atoms with Crippen molar-refractivity contribution in [1.82, 2.24) is 15.3 Å². The molecule has 0 saturated carbocycles. The largest absolute Gasteiger partial charge is 0.337 e. The molecule has 138 valence electrons. The maximum Gasteiger partial charge on any atom is 0.255 e. The monoisotopic (exact) mass is 371 g/mol. The Kier molecular flexibility index (Phi) is 4.72. The van der Waals surface area contributed by atoms with Gasteiger partial charge in [-0.2, -0.15) is 0 Å². The number of carbonyl (C=O) groups is 1. The minimum Gasteiger partial charge on any atom is -0.337 e. The number of nitrogens with one attached hydrogen (secondary N) is 2. The molecular weight excluding hydrogens is 353 g/mol. The van der Waals surface area contributed by atoms with Crippen LogP contribution in [-0.4, -0.2) is 15.9 Å². The summed E-state index contributed by atoms with van der Waals surface area (Å²) in [6.45, 7) is 1.92. The third kappa shape index (κ3) is 3.69. The van der Waals surface area contributed by atoms with Gasteiger partial charge in [0.15, 0.2) is 5.82 Å². The molecule has 0 unspecified atom stereocenters. The van der Waals surface area contributed by atoms with Gasteiger partial charge in [0.25, 0.3) is 5.91 Å². The van der Waals surface area contributed by atoms with E-state index in [-0.39, 0.29) is 11.7 Å². The van der Waals surface area contributed by atoms with Gasteiger partial charge < -0.3 is 10.3 Å². The number of halogens is 1. The Labute approximate surface area is 161 Å². The van der Waals surface area contributed by atoms with Gasteiger partial charge >= 0.3 is 0 Å². The third-order valence-electron chi connectivity index (χ3n) is 4.38. The SMILES string of the molecule is Cc1cccc(C(=O)N/C(=C/c2ccccc2F)c2nc3ccccc3[nH]2)c1. The number of hydrogen-bond acceptors (Lipinski definition) is 2. The molecule has 1 aromatic heterocycles. The van der Waals surface area contributed by atoms with Crippen LogP contribution in [-0.2, 0) is 0 Å². The van der Waals surface area contributed by atoms with E-state index in [0.29, 0.717) is 22.6 Å². The minimum atomic E-state index is -0.374. The Balaban J connectivity index is 1.77. The average Bonchev–Trinajstić information content (AvgIpc) is 3.13. The van der Waals surface area contributed by atoms with Crippen LogP contribution in [0.25, 0.3) is 22.8 Å². The van der Waals surface area contributed by atoms with Crippen LogP contribution in [0.3, 0.4) is 0 Å². The molecule has 0 saturated heterocycles. The first-order valence-corrected chi connectivity index (χ1v) is 8.89. The van der Waals surface area contributed by atoms with E-state index in [0.717, 1.165) is 16.6 Å². The number of carbonyl (C=O) groups excluding carboxylic acids is 1. The Morgan fingerprint density at radius 3 is 2.61 bits per heavy atom. The highest BCUT2D eigenvalue weighted by Crippen LogP contribution is 2.20. The second-order valence-electron chi connectivity index (χ2n) is 6.51. The molecule has 2 N–H and O–H groups in total. The highest BCUT2D eigenvalue weighted by atomic mass is 19.1. The molecule has 0 aliphatic carbocycles. The zero-order valence-electron chi connectivity index (χ0n) is 15.2. The van der Waals surface area contributed by atoms with E-state index in [1.807, 2.05) is 43.3 Å². The summed E-state index contributed by atoms with van der Waals surface area (Å²) in [6, 6.07) is 21.2. The number of aromatic nitrogens is 2. The molecule has 0 atom stereocenters. The van der Waals surface area contributed by atoms with Crippen molar-refractivity contribution in [3.8, 4) is 0 Å². The van der Waals surface area contributed by atoms with Gasteiger partial charge in [0, 0.05) is 11.1 Å². The van der Waals surface area contributed by atoms with E-state index in [1.165, 1.54) is 6.07 Å². The quantitative estimate of drug-likeness (QED) is 0.534. The van der Waals surface area contributed by atoms with Crippen molar-refractivity contribution in [2.45, 2.75) is 6.92 Å². The summed E-state index contributed by atoms with van der Waals surface area (Å²) in [5, 5.41) is 2.88. The van der Waals surface area contributed by atoms with Gasteiger partial charge in [-0.3, -0.25) is 4.79 Å². The number of benzene rings is 3. The highest BCUT2D eigenvalue weighted by molar-refractivity contribution is 6.01. The van der Waals surface area contributed by atoms with Crippen molar-refractivity contribution in [3.63, 3.8) is 0 Å². The normalized spacial score (nSPS) is 11.6. The van der Waals surface area contributed by atoms with Crippen LogP contribution < -0.4 is 5.32 Å². The lowest BCUT2D eigenvalue weighted by Gasteiger charge is -2.09. The van der Waals surface area contributed by atoms with Crippen LogP contribution in [0.15, 0.2) is 72.8 Å². The van der Waals surface area contributed by atoms with Crippen LogP contribution in [0.2, 0.25) is 0 Å². The van der Waals surface area contributed by atoms with Crippen LogP contribution in [0.5, 0.6) is 0 Å². The van der Waals surface area contributed by atoms with Crippen molar-refractivity contribution >= 4 is 28.7 Å². The van der Waals surface area contributed by atoms with Gasteiger partial charge in [-0.05, 0) is 43.3 Å². The van der Waals surface area contributed by atoms with Crippen molar-refractivity contribution in [2.75, 3.05) is 0 Å². The van der Waals surface area contributed by atoms with E-state index in [9.17, 15) is 9.18 Å². The summed E-state index contributed by atoms with van der Waals surface area (Å²) < 4.78 is 14.2. The number of rotatable bonds is 4. The molecule has 28 heavy (non-hydrogen) atoms. The molecule has 4 aromatic rings. The summed E-state index contributed by atoms with van der Waals surface area (Å²) in [7, 11) is 0. The first-order chi connectivity index (χ1) is 13.6. The van der Waals surface area contributed by atoms with Crippen LogP contribution in [0, 0.1) is 12.7 Å². The molecule has 0 aliphatic rings. The van der Waals surface area contributed by atoms with Gasteiger partial charge in [0.05, 0.1) is 16.7 Å². The van der Waals surface area contributed by atoms with Gasteiger partial charge in [-0.15, -0.1) is 0 Å². The van der Waals surface area contributed by atoms with E-state index >= 15 is 0 Å². The summed E-state index contributed by atoms with van der Waals surface area (Å²) in [6.07, 6.45) is 1.58. The molecule has 1 heterocycles. The Hall–Kier alpha value is -3.73. The number of hydrogen-bond donors (Lipinski definition) is 2. The Morgan fingerprint density at radius 2 is 1.82 bits per heavy atom. The van der Waals surface area contributed by atoms with Gasteiger partial charge in [0.2, 0.25) is 0 Å². The number of fused-ring (bicyclic) bond motifs is 1. The number of para-hydroxylation sites is 2. The Bertz CT molecular complexity index is 1160. The second kappa shape index (κ2) is 7.48. The maximum atomic E-state index is 14.2. The maximum absolute atomic E-state index is 14.2. The topological polar surface area (TPSA) is 57.8 Å². The first kappa shape index (κ1) is 17.7. The summed E-state index contributed by atoms with van der Waals surface area (Å²) in [5.74, 6) is -0.196. The van der Waals surface area contributed by atoms with Crippen molar-refractivity contribution < 1.29 is 9.18 Å². The summed E-state index contributed by atoms with van der Waals surface area (Å²) in [4.78, 5) is 20.5. The molecule has 4 nitrogen and oxygen atoms in total. The van der Waals surface area contributed by atoms with Crippen molar-refractivity contribution in [2.24, 2.45) is 0 Å². The number of nitrogens with zero attached hydrogens (tertiary/aromatic N) is 1. The third-order valence-corrected chi connectivity index (χ3v) is 4.38. The number of amides is 1. The van der Waals surface area contributed by atoms with E-state index in [1.54, 1.807) is 36.4 Å². The zero-order chi connectivity index (χ0) is 19.5. The van der Waals surface area contributed by atoms with Crippen LogP contribution in [0.1, 0.15) is 27.3 Å². The lowest BCUT2D eigenvalue weighted by atomic mass is 10.1. The smallest absolute Gasteiger partial charge is 0.255 e. The second-order valence-corrected chi connectivity index (χ2v) is 6.51. The predicted molar refractivity (Wildman–Crippen MR) is 109 cm³/mol. The van der Waals surface area contributed by atoms with Crippen molar-refractivity contribution in [3.05, 3.63) is 101 Å². The molecule has 1 amide bonds. The van der Waals surface area contributed by atoms with Crippen LogP contribution in [0.4, 0.5) is 4.39 Å². The number of aromatic amines is 1. The zero-order valence-corrected chi connectivity index (χ0v) is 15.2. The highest BCUT2D eigenvalue weighted by Gasteiger charge is 2.14. The fourth-order valence-corrected chi connectivity index (χ4v) is 2.97. The van der Waals surface area contributed by atoms with Gasteiger partial charge in [0.1, 0.15) is 5.82 Å². The molecule has 0 aliphatic heterocycles. The predicted octanol–water partition coefficient (Wildman–Crippen LogP) is 4.94. The number of aryl methyl sites for hydroxylation is 1. The summed E-state index contributed by atoms with van der Waals surface area (Å²) in [5.41, 5.74) is 3.87. The average molecular weight is 371 g/mol. The molecular formula is C23H18FN3O. The molecule has 5 heteroatoms. The fourth-order valence-electron chi connectivity index (χ4n) is 2.97. The van der Waals surface area contributed by atoms with Gasteiger partial charge in [-0.25, -0.2) is 9.37 Å². The number of imidazole rings is 1. The van der Waals surface area contributed by atoms with E-state index < -0.39 is 0 Å². The molecule has 0 spiro atoms. The minimum absolute atomic E-state index is 0.285. The first-order valence-electron chi connectivity index (χ1n) is 8.89. The number of H-pyrrole nitrogens is 1. The molecule has 0 bridgehead atoms. The standard InChI is InChI=1S/C23H18FN3O/c1-15-7-6-9-17(13-15)23(28)27-21(14-16-8-2-3-10-18(16)24)22-25-19-11-4-5-12-20(19)26-22/h2-14H,1H3,(H,25,26)(H,27,28)/b21-14+. The van der Waals surface area contributed by atoms with Crippen molar-refractivity contribution in [1.29, 1.82) is 0 Å². The molecule has 0 radical (unpaired) electrons. The molecule has 0 fully saturated rings. The lowest BCUT2D eigenvalue weighted by Crippen LogP contribution is -2.22. The Morgan fingerprint density at radius 1 is 1.04 bits per heavy atom. The molecule has 3 aromatic carbocycles. The summed E-state index contributed by atoms with van der Waals surface area (Å²) >= 11 is 0. The molecule has 4 rings (SSSR count). The fraction of sp³-hybridized carbons (Fsp3) is 0.0435. The van der Waals surface area contributed by atoms with E-state index in [2.05, 4.69) is 15.3 Å². The van der Waals surface area contributed by atoms with Crippen LogP contribution >= 0.6 is 0 Å². The van der Waals surface area contributed by atoms with Gasteiger partial charge in [-0.1, -0.05) is 48.0 Å².